The maximum atomic E-state index is 5.59. The molecule has 1 aromatic rings. The predicted molar refractivity (Wildman–Crippen MR) is 76.5 cm³/mol. The van der Waals surface area contributed by atoms with Gasteiger partial charge < -0.3 is 4.74 Å². The van der Waals surface area contributed by atoms with Crippen molar-refractivity contribution >= 4 is 6.21 Å². The SMILES string of the molecule is C=C=C/C1=C(\N=C/C)C/N=c2/nccc/c2=N/C(=C)O1. The monoisotopic (exact) mass is 266 g/mol. The van der Waals surface area contributed by atoms with Gasteiger partial charge >= 0.3 is 0 Å². The first-order valence-electron chi connectivity index (χ1n) is 6.03. The minimum Gasteiger partial charge on any atom is -0.437 e. The van der Waals surface area contributed by atoms with E-state index in [0.29, 0.717) is 28.8 Å². The molecule has 5 heteroatoms. The minimum absolute atomic E-state index is 0.238. The summed E-state index contributed by atoms with van der Waals surface area (Å²) in [4.78, 5) is 17.1. The van der Waals surface area contributed by atoms with E-state index in [9.17, 15) is 0 Å². The van der Waals surface area contributed by atoms with Crippen LogP contribution >= 0.6 is 0 Å². The topological polar surface area (TPSA) is 59.2 Å². The lowest BCUT2D eigenvalue weighted by atomic mass is 10.3. The van der Waals surface area contributed by atoms with Gasteiger partial charge in [-0.2, -0.15) is 0 Å². The first-order valence-corrected chi connectivity index (χ1v) is 6.03. The molecule has 0 saturated heterocycles. The van der Waals surface area contributed by atoms with Gasteiger partial charge in [0.2, 0.25) is 5.88 Å². The second kappa shape index (κ2) is 6.41. The highest BCUT2D eigenvalue weighted by molar-refractivity contribution is 5.55. The van der Waals surface area contributed by atoms with E-state index in [2.05, 4.69) is 38.9 Å². The van der Waals surface area contributed by atoms with Crippen molar-refractivity contribution in [1.82, 2.24) is 4.98 Å². The summed E-state index contributed by atoms with van der Waals surface area (Å²) in [6.45, 7) is 9.46. The minimum atomic E-state index is 0.238. The van der Waals surface area contributed by atoms with E-state index in [1.165, 1.54) is 0 Å². The number of rotatable bonds is 2. The van der Waals surface area contributed by atoms with Crippen molar-refractivity contribution in [2.45, 2.75) is 6.92 Å². The molecule has 0 aliphatic carbocycles. The van der Waals surface area contributed by atoms with Gasteiger partial charge in [-0.3, -0.25) is 9.98 Å². The van der Waals surface area contributed by atoms with Gasteiger partial charge in [0, 0.05) is 18.5 Å². The van der Waals surface area contributed by atoms with E-state index in [4.69, 9.17) is 4.74 Å². The predicted octanol–water partition coefficient (Wildman–Crippen LogP) is 1.47. The van der Waals surface area contributed by atoms with Gasteiger partial charge in [0.05, 0.1) is 6.54 Å². The van der Waals surface area contributed by atoms with Gasteiger partial charge in [0.25, 0.3) is 0 Å². The van der Waals surface area contributed by atoms with Crippen LogP contribution in [0.15, 0.2) is 75.6 Å². The Hall–Kier alpha value is -2.78. The molecule has 0 fully saturated rings. The zero-order chi connectivity index (χ0) is 14.4. The third kappa shape index (κ3) is 3.16. The number of aromatic nitrogens is 1. The number of fused-ring (bicyclic) bond motifs is 1. The second-order valence-corrected chi connectivity index (χ2v) is 3.82. The first kappa shape index (κ1) is 13.6. The summed E-state index contributed by atoms with van der Waals surface area (Å²) >= 11 is 0. The lowest BCUT2D eigenvalue weighted by molar-refractivity contribution is 0.311. The molecule has 20 heavy (non-hydrogen) atoms. The number of aliphatic imine (C=N–C) groups is 1. The van der Waals surface area contributed by atoms with E-state index in [1.807, 2.05) is 6.92 Å². The maximum absolute atomic E-state index is 5.59. The molecule has 5 nitrogen and oxygen atoms in total. The van der Waals surface area contributed by atoms with E-state index in [1.54, 1.807) is 30.6 Å². The molecule has 0 amide bonds. The van der Waals surface area contributed by atoms with Gasteiger partial charge in [-0.25, -0.2) is 9.98 Å². The number of hydrogen-bond donors (Lipinski definition) is 0. The zero-order valence-electron chi connectivity index (χ0n) is 11.2. The molecule has 1 aliphatic heterocycles. The van der Waals surface area contributed by atoms with Crippen LogP contribution in [-0.4, -0.2) is 17.7 Å². The van der Waals surface area contributed by atoms with Crippen LogP contribution in [0.2, 0.25) is 0 Å². The molecule has 2 rings (SSSR count). The van der Waals surface area contributed by atoms with E-state index in [0.717, 1.165) is 0 Å². The number of nitrogens with zero attached hydrogens (tertiary/aromatic N) is 4. The van der Waals surface area contributed by atoms with Crippen molar-refractivity contribution in [3.8, 4) is 0 Å². The number of allylic oxidation sites excluding steroid dienone is 1. The first-order chi connectivity index (χ1) is 9.74. The molecule has 0 radical (unpaired) electrons. The number of pyridine rings is 1. The highest BCUT2D eigenvalue weighted by Crippen LogP contribution is 2.14. The largest absolute Gasteiger partial charge is 0.437 e. The summed E-state index contributed by atoms with van der Waals surface area (Å²) < 4.78 is 5.59. The Kier molecular flexibility index (Phi) is 4.37. The van der Waals surface area contributed by atoms with Gasteiger partial charge in [-0.05, 0) is 25.6 Å². The van der Waals surface area contributed by atoms with Gasteiger partial charge in [0.1, 0.15) is 11.1 Å². The quantitative estimate of drug-likeness (QED) is 0.601. The summed E-state index contributed by atoms with van der Waals surface area (Å²) in [7, 11) is 0. The van der Waals surface area contributed by atoms with Gasteiger partial charge in [-0.15, -0.1) is 5.73 Å². The number of hydrogen-bond acceptors (Lipinski definition) is 5. The van der Waals surface area contributed by atoms with Crippen molar-refractivity contribution in [2.75, 3.05) is 6.54 Å². The lowest BCUT2D eigenvalue weighted by Gasteiger charge is -2.06. The van der Waals surface area contributed by atoms with Crippen LogP contribution in [0.4, 0.5) is 0 Å². The van der Waals surface area contributed by atoms with Crippen LogP contribution < -0.4 is 10.8 Å². The summed E-state index contributed by atoms with van der Waals surface area (Å²) in [5, 5.41) is 0.612. The Balaban J connectivity index is 2.64. The highest BCUT2D eigenvalue weighted by atomic mass is 16.5. The standard InChI is InChI=1S/C15H14N4O/c1-4-7-14-13(16-5-2)10-18-15-12(8-6-9-17-15)19-11(3)20-14/h5-9H,1,3,10H2,2H3/b14-13+,16-5-,18-15+,19-12-. The molecule has 0 unspecified atom stereocenters. The van der Waals surface area contributed by atoms with Crippen LogP contribution in [0.3, 0.4) is 0 Å². The maximum Gasteiger partial charge on any atom is 0.212 e. The normalized spacial score (nSPS) is 21.9. The van der Waals surface area contributed by atoms with E-state index >= 15 is 0 Å². The molecular weight excluding hydrogens is 252 g/mol. The van der Waals surface area contributed by atoms with Crippen LogP contribution in [0.1, 0.15) is 6.92 Å². The molecule has 1 aliphatic rings. The molecule has 1 aromatic heterocycles. The Morgan fingerprint density at radius 2 is 2.35 bits per heavy atom. The third-order valence-corrected chi connectivity index (χ3v) is 2.42. The molecule has 0 atom stereocenters. The average Bonchev–Trinajstić information content (AvgIpc) is 2.49. The lowest BCUT2D eigenvalue weighted by Crippen LogP contribution is -2.28. The van der Waals surface area contributed by atoms with Crippen molar-refractivity contribution in [2.24, 2.45) is 15.0 Å². The molecular formula is C15H14N4O. The molecule has 0 bridgehead atoms. The van der Waals surface area contributed by atoms with Crippen LogP contribution in [0, 0.1) is 0 Å². The average molecular weight is 266 g/mol. The van der Waals surface area contributed by atoms with Crippen molar-refractivity contribution in [3.05, 3.63) is 71.5 Å². The highest BCUT2D eigenvalue weighted by Gasteiger charge is 2.08. The van der Waals surface area contributed by atoms with Gasteiger partial charge in [-0.1, -0.05) is 6.58 Å². The van der Waals surface area contributed by atoms with Crippen LogP contribution in [0.5, 0.6) is 0 Å². The molecule has 0 aromatic carbocycles. The van der Waals surface area contributed by atoms with Crippen molar-refractivity contribution in [1.29, 1.82) is 0 Å². The second-order valence-electron chi connectivity index (χ2n) is 3.82. The molecule has 2 heterocycles. The van der Waals surface area contributed by atoms with E-state index < -0.39 is 0 Å². The van der Waals surface area contributed by atoms with Crippen molar-refractivity contribution < 1.29 is 4.74 Å². The summed E-state index contributed by atoms with van der Waals surface area (Å²) in [5.41, 5.74) is 3.83. The summed E-state index contributed by atoms with van der Waals surface area (Å²) in [5.74, 6) is 0.713. The smallest absolute Gasteiger partial charge is 0.212 e. The Bertz CT molecular complexity index is 752. The van der Waals surface area contributed by atoms with Crippen molar-refractivity contribution in [3.63, 3.8) is 0 Å². The summed E-state index contributed by atoms with van der Waals surface area (Å²) in [6.07, 6.45) is 4.92. The van der Waals surface area contributed by atoms with Crippen LogP contribution in [-0.2, 0) is 4.74 Å². The zero-order valence-corrected chi connectivity index (χ0v) is 11.2. The molecule has 0 spiro atoms. The Morgan fingerprint density at radius 1 is 1.50 bits per heavy atom. The van der Waals surface area contributed by atoms with Gasteiger partial charge in [0.15, 0.2) is 11.2 Å². The Labute approximate surface area is 116 Å². The fourth-order valence-electron chi connectivity index (χ4n) is 1.63. The fraction of sp³-hybridized carbons (Fsp3) is 0.133. The summed E-state index contributed by atoms with van der Waals surface area (Å²) in [6, 6.07) is 3.59. The third-order valence-electron chi connectivity index (χ3n) is 2.42. The number of ether oxygens (including phenoxy) is 1. The molecule has 0 N–H and O–H groups in total. The fourth-order valence-corrected chi connectivity index (χ4v) is 1.63. The molecule has 100 valence electrons. The van der Waals surface area contributed by atoms with E-state index in [-0.39, 0.29) is 5.88 Å². The Morgan fingerprint density at radius 3 is 3.10 bits per heavy atom. The molecule has 0 saturated carbocycles. The van der Waals surface area contributed by atoms with Crippen LogP contribution in [0.25, 0.3) is 0 Å².